The monoisotopic (exact) mass is 338 g/mol. The van der Waals surface area contributed by atoms with Gasteiger partial charge in [-0.2, -0.15) is 0 Å². The summed E-state index contributed by atoms with van der Waals surface area (Å²) < 4.78 is 0. The van der Waals surface area contributed by atoms with Gasteiger partial charge in [0.15, 0.2) is 0 Å². The maximum atomic E-state index is 12.8. The van der Waals surface area contributed by atoms with Crippen LogP contribution in [0.2, 0.25) is 0 Å². The van der Waals surface area contributed by atoms with Crippen LogP contribution in [-0.2, 0) is 11.3 Å². The number of nitrogens with zero attached hydrogens (tertiary/aromatic N) is 3. The summed E-state index contributed by atoms with van der Waals surface area (Å²) in [7, 11) is 1.99. The van der Waals surface area contributed by atoms with Crippen molar-refractivity contribution in [2.45, 2.75) is 25.4 Å². The Kier molecular flexibility index (Phi) is 6.01. The van der Waals surface area contributed by atoms with Crippen LogP contribution in [0.4, 0.5) is 5.69 Å². The molecule has 0 saturated carbocycles. The lowest BCUT2D eigenvalue weighted by Gasteiger charge is -2.34. The average Bonchev–Trinajstić information content (AvgIpc) is 2.69. The van der Waals surface area contributed by atoms with E-state index in [2.05, 4.69) is 27.3 Å². The van der Waals surface area contributed by atoms with Crippen molar-refractivity contribution < 1.29 is 4.79 Å². The van der Waals surface area contributed by atoms with Crippen LogP contribution < -0.4 is 10.2 Å². The van der Waals surface area contributed by atoms with Crippen molar-refractivity contribution in [1.29, 1.82) is 0 Å². The molecule has 1 N–H and O–H groups in total. The highest BCUT2D eigenvalue weighted by Crippen LogP contribution is 2.18. The largest absolute Gasteiger partial charge is 0.358 e. The first-order valence-electron chi connectivity index (χ1n) is 8.90. The van der Waals surface area contributed by atoms with Gasteiger partial charge in [0.25, 0.3) is 0 Å². The second-order valence-corrected chi connectivity index (χ2v) is 6.50. The van der Waals surface area contributed by atoms with E-state index in [0.29, 0.717) is 19.1 Å². The van der Waals surface area contributed by atoms with Crippen molar-refractivity contribution in [3.63, 3.8) is 0 Å². The molecule has 25 heavy (non-hydrogen) atoms. The van der Waals surface area contributed by atoms with Crippen LogP contribution >= 0.6 is 0 Å². The molecule has 0 bridgehead atoms. The van der Waals surface area contributed by atoms with Gasteiger partial charge in [-0.1, -0.05) is 24.3 Å². The van der Waals surface area contributed by atoms with Crippen molar-refractivity contribution in [3.05, 3.63) is 60.4 Å². The topological polar surface area (TPSA) is 48.5 Å². The van der Waals surface area contributed by atoms with Gasteiger partial charge < -0.3 is 15.1 Å². The zero-order valence-electron chi connectivity index (χ0n) is 14.8. The molecule has 0 spiro atoms. The summed E-state index contributed by atoms with van der Waals surface area (Å²) in [5.74, 6) is 0.197. The third kappa shape index (κ3) is 4.79. The molecule has 1 saturated heterocycles. The van der Waals surface area contributed by atoms with Gasteiger partial charge in [0.2, 0.25) is 5.91 Å². The Morgan fingerprint density at radius 1 is 1.20 bits per heavy atom. The van der Waals surface area contributed by atoms with E-state index in [4.69, 9.17) is 0 Å². The van der Waals surface area contributed by atoms with Crippen LogP contribution in [0, 0.1) is 0 Å². The molecular formula is C20H26N4O. The zero-order chi connectivity index (χ0) is 17.5. The van der Waals surface area contributed by atoms with Gasteiger partial charge in [0, 0.05) is 43.8 Å². The molecule has 2 heterocycles. The van der Waals surface area contributed by atoms with Crippen LogP contribution in [0.3, 0.4) is 0 Å². The van der Waals surface area contributed by atoms with Gasteiger partial charge in [-0.05, 0) is 43.7 Å². The molecule has 2 aromatic rings. The molecule has 0 atom stereocenters. The first-order chi connectivity index (χ1) is 12.3. The summed E-state index contributed by atoms with van der Waals surface area (Å²) in [4.78, 5) is 21.1. The lowest BCUT2D eigenvalue weighted by Crippen LogP contribution is -2.47. The number of hydrogen-bond acceptors (Lipinski definition) is 4. The number of carbonyl (C=O) groups is 1. The minimum Gasteiger partial charge on any atom is -0.358 e. The number of aromatic nitrogens is 1. The van der Waals surface area contributed by atoms with Crippen LogP contribution in [-0.4, -0.2) is 48.5 Å². The lowest BCUT2D eigenvalue weighted by molar-refractivity contribution is -0.130. The van der Waals surface area contributed by atoms with Gasteiger partial charge in [-0.15, -0.1) is 0 Å². The smallest absolute Gasteiger partial charge is 0.242 e. The van der Waals surface area contributed by atoms with Crippen molar-refractivity contribution in [3.8, 4) is 0 Å². The molecule has 132 valence electrons. The highest BCUT2D eigenvalue weighted by Gasteiger charge is 2.23. The summed E-state index contributed by atoms with van der Waals surface area (Å²) in [6.07, 6.45) is 5.68. The lowest BCUT2D eigenvalue weighted by atomic mass is 10.1. The molecule has 0 radical (unpaired) electrons. The third-order valence-corrected chi connectivity index (χ3v) is 4.80. The summed E-state index contributed by atoms with van der Waals surface area (Å²) in [5, 5.41) is 3.31. The molecule has 1 aliphatic rings. The molecule has 1 aromatic carbocycles. The SMILES string of the molecule is CNC1CCN(C(=O)CN(Cc2cccnc2)c2ccccc2)CC1. The third-order valence-electron chi connectivity index (χ3n) is 4.80. The predicted molar refractivity (Wildman–Crippen MR) is 100 cm³/mol. The quantitative estimate of drug-likeness (QED) is 0.878. The summed E-state index contributed by atoms with van der Waals surface area (Å²) in [6, 6.07) is 14.6. The van der Waals surface area contributed by atoms with E-state index >= 15 is 0 Å². The number of amides is 1. The number of piperidine rings is 1. The maximum Gasteiger partial charge on any atom is 0.242 e. The number of benzene rings is 1. The fraction of sp³-hybridized carbons (Fsp3) is 0.400. The van der Waals surface area contributed by atoms with Crippen molar-refractivity contribution in [1.82, 2.24) is 15.2 Å². The van der Waals surface area contributed by atoms with Crippen molar-refractivity contribution in [2.75, 3.05) is 31.6 Å². The fourth-order valence-corrected chi connectivity index (χ4v) is 3.27. The van der Waals surface area contributed by atoms with Gasteiger partial charge in [0.1, 0.15) is 0 Å². The van der Waals surface area contributed by atoms with E-state index in [1.165, 1.54) is 0 Å². The maximum absolute atomic E-state index is 12.8. The fourth-order valence-electron chi connectivity index (χ4n) is 3.27. The molecule has 0 aliphatic carbocycles. The van der Waals surface area contributed by atoms with E-state index in [1.54, 1.807) is 6.20 Å². The average molecular weight is 338 g/mol. The number of carbonyl (C=O) groups excluding carboxylic acids is 1. The number of anilines is 1. The molecule has 1 aromatic heterocycles. The Hall–Kier alpha value is -2.40. The van der Waals surface area contributed by atoms with Gasteiger partial charge in [0.05, 0.1) is 6.54 Å². The molecule has 1 amide bonds. The van der Waals surface area contributed by atoms with Gasteiger partial charge >= 0.3 is 0 Å². The molecule has 5 nitrogen and oxygen atoms in total. The molecule has 5 heteroatoms. The van der Waals surface area contributed by atoms with Crippen molar-refractivity contribution >= 4 is 11.6 Å². The predicted octanol–water partition coefficient (Wildman–Crippen LogP) is 2.30. The minimum atomic E-state index is 0.197. The molecular weight excluding hydrogens is 312 g/mol. The summed E-state index contributed by atoms with van der Waals surface area (Å²) in [6.45, 7) is 2.74. The van der Waals surface area contributed by atoms with Crippen molar-refractivity contribution in [2.24, 2.45) is 0 Å². The number of rotatable bonds is 6. The van der Waals surface area contributed by atoms with E-state index < -0.39 is 0 Å². The van der Waals surface area contributed by atoms with E-state index in [-0.39, 0.29) is 5.91 Å². The second-order valence-electron chi connectivity index (χ2n) is 6.50. The van der Waals surface area contributed by atoms with E-state index in [0.717, 1.165) is 37.2 Å². The molecule has 0 unspecified atom stereocenters. The standard InChI is InChI=1S/C20H26N4O/c1-21-18-9-12-23(13-10-18)20(25)16-24(19-7-3-2-4-8-19)15-17-6-5-11-22-14-17/h2-8,11,14,18,21H,9-10,12-13,15-16H2,1H3. The van der Waals surface area contributed by atoms with Crippen LogP contribution in [0.15, 0.2) is 54.9 Å². The number of para-hydroxylation sites is 1. The van der Waals surface area contributed by atoms with E-state index in [1.807, 2.05) is 48.5 Å². The summed E-state index contributed by atoms with van der Waals surface area (Å²) in [5.41, 5.74) is 2.16. The number of pyridine rings is 1. The molecule has 1 aliphatic heterocycles. The van der Waals surface area contributed by atoms with Crippen LogP contribution in [0.5, 0.6) is 0 Å². The number of nitrogens with one attached hydrogen (secondary N) is 1. The highest BCUT2D eigenvalue weighted by molar-refractivity contribution is 5.81. The minimum absolute atomic E-state index is 0.197. The molecule has 3 rings (SSSR count). The van der Waals surface area contributed by atoms with E-state index in [9.17, 15) is 4.79 Å². The van der Waals surface area contributed by atoms with Crippen LogP contribution in [0.1, 0.15) is 18.4 Å². The Balaban J connectivity index is 1.68. The molecule has 1 fully saturated rings. The summed E-state index contributed by atoms with van der Waals surface area (Å²) >= 11 is 0. The Labute approximate surface area is 149 Å². The first-order valence-corrected chi connectivity index (χ1v) is 8.90. The number of likely N-dealkylation sites (tertiary alicyclic amines) is 1. The zero-order valence-corrected chi connectivity index (χ0v) is 14.8. The van der Waals surface area contributed by atoms with Crippen LogP contribution in [0.25, 0.3) is 0 Å². The Bertz CT molecular complexity index is 654. The first kappa shape index (κ1) is 17.4. The second kappa shape index (κ2) is 8.62. The Morgan fingerprint density at radius 3 is 2.60 bits per heavy atom. The van der Waals surface area contributed by atoms with Gasteiger partial charge in [-0.3, -0.25) is 9.78 Å². The highest BCUT2D eigenvalue weighted by atomic mass is 16.2. The normalized spacial score (nSPS) is 15.2. The van der Waals surface area contributed by atoms with Gasteiger partial charge in [-0.25, -0.2) is 0 Å². The Morgan fingerprint density at radius 2 is 1.96 bits per heavy atom. The number of hydrogen-bond donors (Lipinski definition) is 1.